The zero-order chi connectivity index (χ0) is 33.1. The zero-order valence-electron chi connectivity index (χ0n) is 27.5. The molecular weight excluding hydrogens is 592 g/mol. The molecule has 5 aromatic rings. The molecule has 242 valence electrons. The van der Waals surface area contributed by atoms with Crippen molar-refractivity contribution in [1.29, 1.82) is 0 Å². The maximum absolute atomic E-state index is 14.5. The van der Waals surface area contributed by atoms with Gasteiger partial charge in [-0.15, -0.1) is 0 Å². The van der Waals surface area contributed by atoms with Crippen molar-refractivity contribution in [2.45, 2.75) is 32.5 Å². The van der Waals surface area contributed by atoms with Crippen LogP contribution in [0.5, 0.6) is 0 Å². The molecule has 2 heterocycles. The number of carbonyl (C=O) groups excluding carboxylic acids is 2. The molecule has 0 saturated carbocycles. The largest absolute Gasteiger partial charge is 0.338 e. The Balaban J connectivity index is 1.27. The highest BCUT2D eigenvalue weighted by Gasteiger charge is 2.34. The van der Waals surface area contributed by atoms with E-state index in [0.717, 1.165) is 53.1 Å². The highest BCUT2D eigenvalue weighted by molar-refractivity contribution is 5.95. The zero-order valence-corrected chi connectivity index (χ0v) is 27.5. The molecule has 2 amide bonds. The molecule has 0 aliphatic carbocycles. The Morgan fingerprint density at radius 2 is 1.38 bits per heavy atom. The fraction of sp³-hybridized carbons (Fsp3) is 0.214. The van der Waals surface area contributed by atoms with Crippen LogP contribution in [0.15, 0.2) is 140 Å². The molecule has 0 bridgehead atoms. The summed E-state index contributed by atoms with van der Waals surface area (Å²) in [5.74, 6) is -0.207. The number of pyridine rings is 1. The molecule has 4 aromatic carbocycles. The smallest absolute Gasteiger partial charge is 0.247 e. The molecule has 6 nitrogen and oxygen atoms in total. The van der Waals surface area contributed by atoms with Gasteiger partial charge in [0, 0.05) is 63.5 Å². The van der Waals surface area contributed by atoms with E-state index in [4.69, 9.17) is 0 Å². The van der Waals surface area contributed by atoms with E-state index in [1.54, 1.807) is 17.2 Å². The van der Waals surface area contributed by atoms with Crippen LogP contribution in [0.3, 0.4) is 0 Å². The lowest BCUT2D eigenvalue weighted by Crippen LogP contribution is -2.56. The fourth-order valence-electron chi connectivity index (χ4n) is 6.14. The average molecular weight is 635 g/mol. The normalized spacial score (nSPS) is 14.1. The topological polar surface area (TPSA) is 56.8 Å². The van der Waals surface area contributed by atoms with Gasteiger partial charge in [0.05, 0.1) is 5.69 Å². The van der Waals surface area contributed by atoms with Crippen LogP contribution in [-0.4, -0.2) is 63.7 Å². The van der Waals surface area contributed by atoms with Crippen molar-refractivity contribution in [3.63, 3.8) is 0 Å². The van der Waals surface area contributed by atoms with Crippen LogP contribution >= 0.6 is 0 Å². The Labute approximate surface area is 284 Å². The molecule has 1 fully saturated rings. The van der Waals surface area contributed by atoms with Gasteiger partial charge >= 0.3 is 0 Å². The molecule has 0 N–H and O–H groups in total. The SMILES string of the molecule is Cc1ccc(C=CC(=O)N(Cc2ccc(-c3ccccn3)cc2)[C@@H](Cc2ccccc2)C(=O)N2CCN(Cc3ccccc3)CC2)cc1. The summed E-state index contributed by atoms with van der Waals surface area (Å²) in [5.41, 5.74) is 7.23. The highest BCUT2D eigenvalue weighted by atomic mass is 16.2. The second-order valence-electron chi connectivity index (χ2n) is 12.4. The molecule has 6 heteroatoms. The summed E-state index contributed by atoms with van der Waals surface area (Å²) in [6, 6.07) is 41.8. The van der Waals surface area contributed by atoms with Crippen molar-refractivity contribution in [3.8, 4) is 11.3 Å². The van der Waals surface area contributed by atoms with Crippen LogP contribution in [0.4, 0.5) is 0 Å². The number of amides is 2. The van der Waals surface area contributed by atoms with Gasteiger partial charge in [0.2, 0.25) is 11.8 Å². The summed E-state index contributed by atoms with van der Waals surface area (Å²) in [4.78, 5) is 39.3. The van der Waals surface area contributed by atoms with E-state index < -0.39 is 6.04 Å². The third-order valence-corrected chi connectivity index (χ3v) is 8.91. The van der Waals surface area contributed by atoms with Gasteiger partial charge in [-0.05, 0) is 47.4 Å². The number of benzene rings is 4. The number of aryl methyl sites for hydroxylation is 1. The summed E-state index contributed by atoms with van der Waals surface area (Å²) in [6.07, 6.45) is 5.66. The van der Waals surface area contributed by atoms with Gasteiger partial charge in [0.25, 0.3) is 0 Å². The van der Waals surface area contributed by atoms with E-state index in [1.165, 1.54) is 5.56 Å². The molecule has 1 aliphatic heterocycles. The van der Waals surface area contributed by atoms with E-state index in [-0.39, 0.29) is 11.8 Å². The number of carbonyl (C=O) groups is 2. The van der Waals surface area contributed by atoms with Gasteiger partial charge in [-0.2, -0.15) is 0 Å². The van der Waals surface area contributed by atoms with Crippen molar-refractivity contribution in [1.82, 2.24) is 19.7 Å². The van der Waals surface area contributed by atoms with Crippen molar-refractivity contribution in [2.75, 3.05) is 26.2 Å². The first kappa shape index (κ1) is 32.6. The highest BCUT2D eigenvalue weighted by Crippen LogP contribution is 2.22. The maximum atomic E-state index is 14.5. The van der Waals surface area contributed by atoms with Gasteiger partial charge in [0.15, 0.2) is 0 Å². The van der Waals surface area contributed by atoms with E-state index in [1.807, 2.05) is 121 Å². The van der Waals surface area contributed by atoms with E-state index in [9.17, 15) is 9.59 Å². The molecule has 0 unspecified atom stereocenters. The number of piperazine rings is 1. The maximum Gasteiger partial charge on any atom is 0.247 e. The van der Waals surface area contributed by atoms with E-state index in [2.05, 4.69) is 34.1 Å². The Kier molecular flexibility index (Phi) is 10.9. The van der Waals surface area contributed by atoms with Crippen molar-refractivity contribution in [2.24, 2.45) is 0 Å². The lowest BCUT2D eigenvalue weighted by atomic mass is 10.0. The van der Waals surface area contributed by atoms with Gasteiger partial charge in [-0.25, -0.2) is 0 Å². The molecule has 0 spiro atoms. The van der Waals surface area contributed by atoms with Crippen LogP contribution in [0, 0.1) is 6.92 Å². The van der Waals surface area contributed by atoms with E-state index in [0.29, 0.717) is 26.1 Å². The minimum absolute atomic E-state index is 0.0135. The number of hydrogen-bond acceptors (Lipinski definition) is 4. The van der Waals surface area contributed by atoms with Crippen LogP contribution in [0.1, 0.15) is 27.8 Å². The molecular formula is C42H42N4O2. The Morgan fingerprint density at radius 1 is 0.729 bits per heavy atom. The fourth-order valence-corrected chi connectivity index (χ4v) is 6.14. The number of hydrogen-bond donors (Lipinski definition) is 0. The third-order valence-electron chi connectivity index (χ3n) is 8.91. The predicted molar refractivity (Wildman–Crippen MR) is 193 cm³/mol. The summed E-state index contributed by atoms with van der Waals surface area (Å²) in [6.45, 7) is 6.02. The predicted octanol–water partition coefficient (Wildman–Crippen LogP) is 7.05. The summed E-state index contributed by atoms with van der Waals surface area (Å²) in [5, 5.41) is 0. The Morgan fingerprint density at radius 3 is 2.02 bits per heavy atom. The second kappa shape index (κ2) is 16.0. The number of nitrogens with zero attached hydrogens (tertiary/aromatic N) is 4. The average Bonchev–Trinajstić information content (AvgIpc) is 3.14. The summed E-state index contributed by atoms with van der Waals surface area (Å²) >= 11 is 0. The lowest BCUT2D eigenvalue weighted by molar-refractivity contribution is -0.145. The summed E-state index contributed by atoms with van der Waals surface area (Å²) < 4.78 is 0. The lowest BCUT2D eigenvalue weighted by Gasteiger charge is -2.39. The molecule has 6 rings (SSSR count). The molecule has 48 heavy (non-hydrogen) atoms. The minimum atomic E-state index is -0.668. The van der Waals surface area contributed by atoms with Gasteiger partial charge in [0.1, 0.15) is 6.04 Å². The standard InChI is InChI=1S/C42H42N4O2/c1-33-15-17-34(18-16-33)21-24-41(47)46(32-37-19-22-38(23-20-37)39-14-8-9-25-43-39)40(30-35-10-4-2-5-11-35)42(48)45-28-26-44(27-29-45)31-36-12-6-3-7-13-36/h2-25,40H,26-32H2,1H3/t40-/m0/s1. The minimum Gasteiger partial charge on any atom is -0.338 e. The van der Waals surface area contributed by atoms with Gasteiger partial charge in [-0.1, -0.05) is 121 Å². The van der Waals surface area contributed by atoms with Crippen molar-refractivity contribution < 1.29 is 9.59 Å². The van der Waals surface area contributed by atoms with E-state index >= 15 is 0 Å². The van der Waals surface area contributed by atoms with Crippen LogP contribution in [-0.2, 0) is 29.1 Å². The number of rotatable bonds is 11. The monoisotopic (exact) mass is 634 g/mol. The first-order valence-corrected chi connectivity index (χ1v) is 16.7. The first-order chi connectivity index (χ1) is 23.5. The molecule has 0 radical (unpaired) electrons. The number of aromatic nitrogens is 1. The quantitative estimate of drug-likeness (QED) is 0.146. The Bertz CT molecular complexity index is 1780. The van der Waals surface area contributed by atoms with Crippen LogP contribution < -0.4 is 0 Å². The molecule has 1 atom stereocenters. The van der Waals surface area contributed by atoms with Crippen molar-refractivity contribution in [3.05, 3.63) is 167 Å². The first-order valence-electron chi connectivity index (χ1n) is 16.7. The molecule has 1 aliphatic rings. The van der Waals surface area contributed by atoms with Crippen molar-refractivity contribution >= 4 is 17.9 Å². The molecule has 1 aromatic heterocycles. The Hall–Kier alpha value is -5.33. The van der Waals surface area contributed by atoms with Crippen LogP contribution in [0.25, 0.3) is 17.3 Å². The molecule has 1 saturated heterocycles. The summed E-state index contributed by atoms with van der Waals surface area (Å²) in [7, 11) is 0. The second-order valence-corrected chi connectivity index (χ2v) is 12.4. The van der Waals surface area contributed by atoms with Gasteiger partial charge in [-0.3, -0.25) is 19.5 Å². The van der Waals surface area contributed by atoms with Crippen LogP contribution in [0.2, 0.25) is 0 Å². The van der Waals surface area contributed by atoms with Gasteiger partial charge < -0.3 is 9.80 Å². The third kappa shape index (κ3) is 8.72.